The van der Waals surface area contributed by atoms with Crippen LogP contribution in [0.25, 0.3) is 10.9 Å². The van der Waals surface area contributed by atoms with Crippen molar-refractivity contribution in [2.75, 3.05) is 13.1 Å². The molecule has 1 saturated heterocycles. The predicted molar refractivity (Wildman–Crippen MR) is 158 cm³/mol. The van der Waals surface area contributed by atoms with Crippen LogP contribution in [0, 0.1) is 5.41 Å². The van der Waals surface area contributed by atoms with Crippen molar-refractivity contribution >= 4 is 16.8 Å². The van der Waals surface area contributed by atoms with Gasteiger partial charge in [0.15, 0.2) is 0 Å². The Bertz CT molecular complexity index is 1510. The van der Waals surface area contributed by atoms with Gasteiger partial charge in [-0.15, -0.1) is 5.10 Å². The van der Waals surface area contributed by atoms with E-state index in [0.717, 1.165) is 68.9 Å². The summed E-state index contributed by atoms with van der Waals surface area (Å²) >= 11 is 0. The van der Waals surface area contributed by atoms with Crippen LogP contribution < -0.4 is 10.1 Å². The lowest BCUT2D eigenvalue weighted by Crippen LogP contribution is -2.48. The van der Waals surface area contributed by atoms with Gasteiger partial charge in [0.1, 0.15) is 18.1 Å². The first kappa shape index (κ1) is 26.3. The molecule has 2 bridgehead atoms. The summed E-state index contributed by atoms with van der Waals surface area (Å²) in [6.07, 6.45) is 13.1. The minimum atomic E-state index is -0.377. The zero-order valence-corrected chi connectivity index (χ0v) is 23.8. The Labute approximate surface area is 241 Å². The van der Waals surface area contributed by atoms with Crippen LogP contribution in [0.5, 0.6) is 5.75 Å². The van der Waals surface area contributed by atoms with Crippen LogP contribution in [0.1, 0.15) is 74.2 Å². The van der Waals surface area contributed by atoms with Gasteiger partial charge in [0, 0.05) is 48.3 Å². The van der Waals surface area contributed by atoms with Gasteiger partial charge in [-0.3, -0.25) is 14.4 Å². The highest BCUT2D eigenvalue weighted by Gasteiger charge is 2.41. The Balaban J connectivity index is 1.08. The molecular formula is C33H40N6O2. The molecule has 214 valence electrons. The fourth-order valence-corrected chi connectivity index (χ4v) is 7.26. The highest BCUT2D eigenvalue weighted by atomic mass is 16.5. The maximum Gasteiger partial charge on any atom is 0.226 e. The van der Waals surface area contributed by atoms with Crippen molar-refractivity contribution in [3.8, 4) is 5.75 Å². The van der Waals surface area contributed by atoms with E-state index < -0.39 is 0 Å². The number of rotatable bonds is 3. The first-order chi connectivity index (χ1) is 20.2. The summed E-state index contributed by atoms with van der Waals surface area (Å²) in [5, 5.41) is 13.3. The smallest absolute Gasteiger partial charge is 0.226 e. The first-order valence-corrected chi connectivity index (χ1v) is 15.4. The number of carbonyl (C=O) groups excluding carboxylic acids is 1. The lowest BCUT2D eigenvalue weighted by Gasteiger charge is -2.41. The average Bonchev–Trinajstić information content (AvgIpc) is 3.77. The van der Waals surface area contributed by atoms with Gasteiger partial charge in [0.2, 0.25) is 5.91 Å². The molecule has 2 aromatic carbocycles. The number of ether oxygens (including phenoxy) is 1. The Morgan fingerprint density at radius 2 is 1.73 bits per heavy atom. The summed E-state index contributed by atoms with van der Waals surface area (Å²) in [7, 11) is 0. The van der Waals surface area contributed by atoms with Crippen molar-refractivity contribution in [3.63, 3.8) is 0 Å². The number of hydrogen-bond acceptors (Lipinski definition) is 5. The quantitative estimate of drug-likeness (QED) is 0.357. The van der Waals surface area contributed by atoms with Crippen molar-refractivity contribution in [2.45, 2.75) is 83.6 Å². The van der Waals surface area contributed by atoms with Crippen molar-refractivity contribution in [1.29, 1.82) is 0 Å². The number of amides is 1. The molecule has 1 saturated carbocycles. The van der Waals surface area contributed by atoms with E-state index in [1.54, 1.807) is 0 Å². The van der Waals surface area contributed by atoms with Gasteiger partial charge >= 0.3 is 0 Å². The minimum absolute atomic E-state index is 0.168. The van der Waals surface area contributed by atoms with E-state index in [9.17, 15) is 4.79 Å². The average molecular weight is 553 g/mol. The van der Waals surface area contributed by atoms with E-state index in [4.69, 9.17) is 4.74 Å². The second-order valence-electron chi connectivity index (χ2n) is 12.2. The van der Waals surface area contributed by atoms with Gasteiger partial charge in [-0.1, -0.05) is 54.5 Å². The van der Waals surface area contributed by atoms with E-state index >= 15 is 0 Å². The van der Waals surface area contributed by atoms with Gasteiger partial charge in [0.05, 0.1) is 11.6 Å². The molecule has 3 aliphatic rings. The molecule has 1 aliphatic carbocycles. The van der Waals surface area contributed by atoms with Crippen LogP contribution in [0.2, 0.25) is 0 Å². The summed E-state index contributed by atoms with van der Waals surface area (Å²) < 4.78 is 10.5. The second-order valence-corrected chi connectivity index (χ2v) is 12.2. The number of benzene rings is 2. The molecule has 2 aliphatic heterocycles. The SMILES string of the molecule is O=C1NCc2ccccc2OCc2cn(nn2)CCCC12CCN(Cc1cn(C3CCCC3)c3ccccc13)CC2. The molecule has 41 heavy (non-hydrogen) atoms. The molecular weight excluding hydrogens is 512 g/mol. The highest BCUT2D eigenvalue weighted by Crippen LogP contribution is 2.39. The predicted octanol–water partition coefficient (Wildman–Crippen LogP) is 5.62. The number of para-hydroxylation sites is 2. The van der Waals surface area contributed by atoms with Crippen molar-refractivity contribution < 1.29 is 9.53 Å². The molecule has 2 fully saturated rings. The van der Waals surface area contributed by atoms with Gasteiger partial charge in [-0.2, -0.15) is 0 Å². The van der Waals surface area contributed by atoms with Crippen LogP contribution in [-0.2, 0) is 31.0 Å². The largest absolute Gasteiger partial charge is 0.487 e. The fourth-order valence-electron chi connectivity index (χ4n) is 7.26. The summed E-state index contributed by atoms with van der Waals surface area (Å²) in [5.74, 6) is 0.946. The lowest BCUT2D eigenvalue weighted by molar-refractivity contribution is -0.135. The third-order valence-electron chi connectivity index (χ3n) is 9.65. The standard InChI is InChI=1S/C33H40N6O2/c40-32-33(14-7-17-38-23-27(35-36-38)24-41-31-13-6-1-8-25(31)20-34-32)15-18-37(19-16-33)21-26-22-39(28-9-2-3-10-28)30-12-5-4-11-29(26)30/h1,4-6,8,11-13,22-23,28H,2-3,7,9-10,14-21,24H2,(H,34,40). The van der Waals surface area contributed by atoms with Crippen LogP contribution >= 0.6 is 0 Å². The Kier molecular flexibility index (Phi) is 7.25. The van der Waals surface area contributed by atoms with E-state index in [2.05, 4.69) is 55.6 Å². The summed E-state index contributed by atoms with van der Waals surface area (Å²) in [5.41, 5.74) is 4.21. The molecule has 4 aromatic rings. The second kappa shape index (κ2) is 11.3. The van der Waals surface area contributed by atoms with Gasteiger partial charge in [0.25, 0.3) is 0 Å². The Morgan fingerprint density at radius 1 is 0.927 bits per heavy atom. The monoisotopic (exact) mass is 552 g/mol. The van der Waals surface area contributed by atoms with Crippen molar-refractivity contribution in [2.24, 2.45) is 5.41 Å². The summed E-state index contributed by atoms with van der Waals surface area (Å²) in [6, 6.07) is 17.4. The zero-order valence-electron chi connectivity index (χ0n) is 23.8. The number of aryl methyl sites for hydroxylation is 1. The molecule has 1 amide bonds. The van der Waals surface area contributed by atoms with Crippen LogP contribution in [0.4, 0.5) is 0 Å². The molecule has 4 heterocycles. The summed E-state index contributed by atoms with van der Waals surface area (Å²) in [4.78, 5) is 16.4. The zero-order chi connectivity index (χ0) is 27.6. The molecule has 1 spiro atoms. The van der Waals surface area contributed by atoms with E-state index in [1.807, 2.05) is 35.1 Å². The number of nitrogens with zero attached hydrogens (tertiary/aromatic N) is 5. The molecule has 1 N–H and O–H groups in total. The molecule has 8 heteroatoms. The molecule has 8 nitrogen and oxygen atoms in total. The number of fused-ring (bicyclic) bond motifs is 4. The van der Waals surface area contributed by atoms with Crippen LogP contribution in [0.3, 0.4) is 0 Å². The van der Waals surface area contributed by atoms with Crippen molar-refractivity contribution in [3.05, 3.63) is 77.7 Å². The molecule has 0 atom stereocenters. The number of aromatic nitrogens is 4. The van der Waals surface area contributed by atoms with Crippen molar-refractivity contribution in [1.82, 2.24) is 29.8 Å². The maximum absolute atomic E-state index is 13.9. The molecule has 2 aromatic heterocycles. The molecule has 0 unspecified atom stereocenters. The maximum atomic E-state index is 13.9. The summed E-state index contributed by atoms with van der Waals surface area (Å²) in [6.45, 7) is 4.36. The number of piperidine rings is 1. The van der Waals surface area contributed by atoms with Gasteiger partial charge < -0.3 is 14.6 Å². The van der Waals surface area contributed by atoms with Gasteiger partial charge in [-0.25, -0.2) is 0 Å². The molecule has 7 rings (SSSR count). The van der Waals surface area contributed by atoms with Crippen LogP contribution in [0.15, 0.2) is 60.9 Å². The fraction of sp³-hybridized carbons (Fsp3) is 0.485. The number of nitrogens with one attached hydrogen (secondary N) is 1. The van der Waals surface area contributed by atoms with E-state index in [-0.39, 0.29) is 11.3 Å². The Hall–Kier alpha value is -3.65. The molecule has 0 radical (unpaired) electrons. The van der Waals surface area contributed by atoms with E-state index in [0.29, 0.717) is 19.2 Å². The third-order valence-corrected chi connectivity index (χ3v) is 9.65. The highest BCUT2D eigenvalue weighted by molar-refractivity contribution is 5.84. The first-order valence-electron chi connectivity index (χ1n) is 15.4. The van der Waals surface area contributed by atoms with Crippen LogP contribution in [-0.4, -0.2) is 43.5 Å². The Morgan fingerprint density at radius 3 is 2.61 bits per heavy atom. The third kappa shape index (κ3) is 5.37. The number of carbonyl (C=O) groups is 1. The number of hydrogen-bond donors (Lipinski definition) is 1. The lowest BCUT2D eigenvalue weighted by atomic mass is 9.73. The minimum Gasteiger partial charge on any atom is -0.487 e. The topological polar surface area (TPSA) is 77.2 Å². The van der Waals surface area contributed by atoms with E-state index in [1.165, 1.54) is 42.1 Å². The van der Waals surface area contributed by atoms with Gasteiger partial charge in [-0.05, 0) is 69.3 Å². The normalized spacial score (nSPS) is 20.4. The number of likely N-dealkylation sites (tertiary alicyclic amines) is 1.